The Bertz CT molecular complexity index is 476. The summed E-state index contributed by atoms with van der Waals surface area (Å²) in [6.45, 7) is 0. The third-order valence-electron chi connectivity index (χ3n) is 3.12. The molecule has 1 aliphatic rings. The second-order valence-corrected chi connectivity index (χ2v) is 6.35. The van der Waals surface area contributed by atoms with Crippen LogP contribution in [0, 0.1) is 0 Å². The van der Waals surface area contributed by atoms with Crippen molar-refractivity contribution in [3.05, 3.63) is 28.2 Å². The Morgan fingerprint density at radius 1 is 1.21 bits per heavy atom. The van der Waals surface area contributed by atoms with Crippen molar-refractivity contribution in [2.24, 2.45) is 0 Å². The highest BCUT2D eigenvalue weighted by Crippen LogP contribution is 2.31. The van der Waals surface area contributed by atoms with Crippen molar-refractivity contribution in [3.63, 3.8) is 0 Å². The molecule has 3 nitrogen and oxygen atoms in total. The number of nitrogens with one attached hydrogen (secondary N) is 1. The van der Waals surface area contributed by atoms with Crippen LogP contribution < -0.4 is 10.1 Å². The molecule has 0 aromatic heterocycles. The predicted octanol–water partition coefficient (Wildman–Crippen LogP) is 4.67. The monoisotopic (exact) mass is 319 g/mol. The fourth-order valence-electron chi connectivity index (χ4n) is 2.12. The maximum absolute atomic E-state index is 11.8. The lowest BCUT2D eigenvalue weighted by atomic mass is 9.95. The Kier molecular flexibility index (Phi) is 4.87. The molecule has 1 aromatic rings. The van der Waals surface area contributed by atoms with Crippen molar-refractivity contribution < 1.29 is 9.53 Å². The minimum absolute atomic E-state index is 0.352. The summed E-state index contributed by atoms with van der Waals surface area (Å²) >= 11 is 16.2. The van der Waals surface area contributed by atoms with Gasteiger partial charge in [0.25, 0.3) is 0 Å². The highest BCUT2D eigenvalue weighted by molar-refractivity contribution is 7.81. The van der Waals surface area contributed by atoms with E-state index in [0.717, 1.165) is 25.7 Å². The third-order valence-corrected chi connectivity index (χ3v) is 4.42. The van der Waals surface area contributed by atoms with Crippen LogP contribution in [-0.2, 0) is 0 Å². The van der Waals surface area contributed by atoms with Crippen molar-refractivity contribution in [1.29, 1.82) is 0 Å². The largest absolute Gasteiger partial charge is 0.413 e. The Balaban J connectivity index is 1.95. The van der Waals surface area contributed by atoms with E-state index in [2.05, 4.69) is 17.9 Å². The Morgan fingerprint density at radius 2 is 1.89 bits per heavy atom. The first-order valence-corrected chi connectivity index (χ1v) is 7.36. The van der Waals surface area contributed by atoms with Crippen LogP contribution >= 0.6 is 35.8 Å². The summed E-state index contributed by atoms with van der Waals surface area (Å²) in [4.78, 5) is 11.4. The van der Waals surface area contributed by atoms with Crippen LogP contribution in [0.3, 0.4) is 0 Å². The molecule has 0 saturated heterocycles. The van der Waals surface area contributed by atoms with E-state index in [9.17, 15) is 4.79 Å². The topological polar surface area (TPSA) is 38.3 Å². The van der Waals surface area contributed by atoms with Crippen molar-refractivity contribution in [2.45, 2.75) is 37.0 Å². The summed E-state index contributed by atoms with van der Waals surface area (Å²) in [5.74, 6) is 0.361. The first kappa shape index (κ1) is 14.8. The molecule has 1 amide bonds. The highest BCUT2D eigenvalue weighted by Gasteiger charge is 2.30. The molecule has 2 rings (SSSR count). The van der Waals surface area contributed by atoms with Crippen LogP contribution in [0.5, 0.6) is 5.75 Å². The molecule has 0 unspecified atom stereocenters. The number of rotatable bonds is 2. The number of ether oxygens (including phenoxy) is 1. The van der Waals surface area contributed by atoms with E-state index >= 15 is 0 Å². The van der Waals surface area contributed by atoms with Gasteiger partial charge in [0.2, 0.25) is 0 Å². The minimum atomic E-state index is -0.518. The second-order valence-electron chi connectivity index (χ2n) is 4.68. The first-order valence-electron chi connectivity index (χ1n) is 6.16. The van der Waals surface area contributed by atoms with Crippen LogP contribution in [0.1, 0.15) is 32.1 Å². The van der Waals surface area contributed by atoms with Gasteiger partial charge in [0.15, 0.2) is 0 Å². The normalized spacial score (nSPS) is 17.8. The van der Waals surface area contributed by atoms with E-state index < -0.39 is 11.0 Å². The lowest BCUT2D eigenvalue weighted by Crippen LogP contribution is -2.46. The second kappa shape index (κ2) is 6.25. The highest BCUT2D eigenvalue weighted by atomic mass is 35.5. The number of hydrogen-bond donors (Lipinski definition) is 2. The molecule has 6 heteroatoms. The number of carbonyl (C=O) groups excluding carboxylic acids is 1. The zero-order chi connectivity index (χ0) is 13.9. The van der Waals surface area contributed by atoms with Crippen molar-refractivity contribution >= 4 is 41.9 Å². The van der Waals surface area contributed by atoms with E-state index in [0.29, 0.717) is 15.8 Å². The molecule has 0 bridgehead atoms. The molecule has 0 heterocycles. The van der Waals surface area contributed by atoms with Crippen LogP contribution in [0.15, 0.2) is 18.2 Å². The van der Waals surface area contributed by atoms with E-state index in [1.807, 2.05) is 0 Å². The summed E-state index contributed by atoms with van der Waals surface area (Å²) in [5.41, 5.74) is 0. The minimum Gasteiger partial charge on any atom is -0.410 e. The predicted molar refractivity (Wildman–Crippen MR) is 80.4 cm³/mol. The zero-order valence-corrected chi connectivity index (χ0v) is 12.7. The van der Waals surface area contributed by atoms with Gasteiger partial charge in [-0.25, -0.2) is 4.79 Å². The van der Waals surface area contributed by atoms with Crippen LogP contribution in [0.2, 0.25) is 10.0 Å². The quantitative estimate of drug-likeness (QED) is 0.614. The molecule has 0 atom stereocenters. The van der Waals surface area contributed by atoms with Crippen LogP contribution in [0.4, 0.5) is 4.79 Å². The first-order chi connectivity index (χ1) is 8.98. The third kappa shape index (κ3) is 4.20. The van der Waals surface area contributed by atoms with Gasteiger partial charge in [-0.05, 0) is 25.0 Å². The smallest absolute Gasteiger partial charge is 0.410 e. The summed E-state index contributed by atoms with van der Waals surface area (Å²) in [6, 6.07) is 4.69. The van der Waals surface area contributed by atoms with Crippen molar-refractivity contribution in [3.8, 4) is 5.75 Å². The molecule has 0 radical (unpaired) electrons. The Morgan fingerprint density at radius 3 is 2.53 bits per heavy atom. The van der Waals surface area contributed by atoms with Crippen LogP contribution in [-0.4, -0.2) is 11.0 Å². The average molecular weight is 320 g/mol. The molecule has 0 aliphatic heterocycles. The molecule has 1 aromatic carbocycles. The van der Waals surface area contributed by atoms with Crippen molar-refractivity contribution in [2.75, 3.05) is 0 Å². The Labute approximate surface area is 128 Å². The molecular formula is C13H15Cl2NO2S. The summed E-state index contributed by atoms with van der Waals surface area (Å²) in [5, 5.41) is 3.58. The summed E-state index contributed by atoms with van der Waals surface area (Å²) in [7, 11) is 0. The number of benzene rings is 1. The number of amides is 1. The standard InChI is InChI=1S/C13H15Cl2NO2S/c14-10-5-4-9(8-11(10)15)18-12(17)16-13(19)6-2-1-3-7-13/h4-5,8,19H,1-3,6-7H2,(H,16,17). The van der Waals surface area contributed by atoms with Gasteiger partial charge in [0.05, 0.1) is 14.9 Å². The zero-order valence-electron chi connectivity index (χ0n) is 10.3. The molecule has 1 saturated carbocycles. The SMILES string of the molecule is O=C(NC1(S)CCCCC1)Oc1ccc(Cl)c(Cl)c1. The molecule has 1 fully saturated rings. The maximum Gasteiger partial charge on any atom is 0.413 e. The molecule has 1 aliphatic carbocycles. The average Bonchev–Trinajstić information content (AvgIpc) is 2.34. The van der Waals surface area contributed by atoms with Gasteiger partial charge in [-0.2, -0.15) is 12.6 Å². The number of hydrogen-bond acceptors (Lipinski definition) is 3. The number of halogens is 2. The van der Waals surface area contributed by atoms with E-state index in [1.54, 1.807) is 12.1 Å². The fraction of sp³-hybridized carbons (Fsp3) is 0.462. The summed E-state index contributed by atoms with van der Waals surface area (Å²) in [6.07, 6.45) is 4.51. The molecule has 104 valence electrons. The molecule has 19 heavy (non-hydrogen) atoms. The van der Waals surface area contributed by atoms with Gasteiger partial charge < -0.3 is 10.1 Å². The van der Waals surface area contributed by atoms with Gasteiger partial charge in [-0.3, -0.25) is 0 Å². The molecular weight excluding hydrogens is 305 g/mol. The fourth-order valence-corrected chi connectivity index (χ4v) is 2.82. The van der Waals surface area contributed by atoms with Gasteiger partial charge >= 0.3 is 6.09 Å². The molecule has 1 N–H and O–H groups in total. The lowest BCUT2D eigenvalue weighted by molar-refractivity contribution is 0.188. The van der Waals surface area contributed by atoms with Crippen molar-refractivity contribution in [1.82, 2.24) is 5.32 Å². The van der Waals surface area contributed by atoms with Gasteiger partial charge in [0.1, 0.15) is 5.75 Å². The lowest BCUT2D eigenvalue weighted by Gasteiger charge is -2.32. The van der Waals surface area contributed by atoms with Crippen LogP contribution in [0.25, 0.3) is 0 Å². The van der Waals surface area contributed by atoms with Gasteiger partial charge in [0, 0.05) is 6.07 Å². The number of carbonyl (C=O) groups is 1. The Hall–Kier alpha value is -0.580. The van der Waals surface area contributed by atoms with Gasteiger partial charge in [-0.15, -0.1) is 0 Å². The van der Waals surface area contributed by atoms with E-state index in [1.165, 1.54) is 12.5 Å². The maximum atomic E-state index is 11.8. The summed E-state index contributed by atoms with van der Waals surface area (Å²) < 4.78 is 5.18. The van der Waals surface area contributed by atoms with E-state index in [-0.39, 0.29) is 0 Å². The molecule has 0 spiro atoms. The van der Waals surface area contributed by atoms with E-state index in [4.69, 9.17) is 27.9 Å². The van der Waals surface area contributed by atoms with Gasteiger partial charge in [-0.1, -0.05) is 42.5 Å². The number of thiol groups is 1.